The average Bonchev–Trinajstić information content (AvgIpc) is 2.24. The first kappa shape index (κ1) is 12.1. The normalized spacial score (nSPS) is 24.2. The van der Waals surface area contributed by atoms with Gasteiger partial charge in [0.25, 0.3) is 0 Å². The van der Waals surface area contributed by atoms with Crippen LogP contribution in [0, 0.1) is 0 Å². The largest absolute Gasteiger partial charge is 0.416 e. The Morgan fingerprint density at radius 1 is 1.24 bits per heavy atom. The third-order valence-corrected chi connectivity index (χ3v) is 3.42. The van der Waals surface area contributed by atoms with Gasteiger partial charge in [0.2, 0.25) is 0 Å². The number of nitrogens with one attached hydrogen (secondary N) is 1. The number of anilines is 2. The minimum Gasteiger partial charge on any atom is -0.379 e. The predicted molar refractivity (Wildman–Crippen MR) is 62.4 cm³/mol. The smallest absolute Gasteiger partial charge is 0.379 e. The number of hydrogen-bond acceptors (Lipinski definition) is 2. The minimum atomic E-state index is -4.29. The predicted octanol–water partition coefficient (Wildman–Crippen LogP) is 3.34. The standard InChI is InChI=1S/C12H15F3N2/c1-7-8(2)17(3)11-5-4-9(12(13,14)15)6-10(11)16-7/h4-8,16H,1-3H3. The summed E-state index contributed by atoms with van der Waals surface area (Å²) >= 11 is 0. The summed E-state index contributed by atoms with van der Waals surface area (Å²) in [6, 6.07) is 4.19. The zero-order chi connectivity index (χ0) is 12.8. The molecular weight excluding hydrogens is 229 g/mol. The fourth-order valence-corrected chi connectivity index (χ4v) is 2.06. The number of benzene rings is 1. The second kappa shape index (κ2) is 3.82. The van der Waals surface area contributed by atoms with Gasteiger partial charge in [0.15, 0.2) is 0 Å². The Balaban J connectivity index is 2.44. The van der Waals surface area contributed by atoms with Crippen molar-refractivity contribution in [1.29, 1.82) is 0 Å². The van der Waals surface area contributed by atoms with E-state index in [0.29, 0.717) is 5.69 Å². The second-order valence-corrected chi connectivity index (χ2v) is 4.51. The van der Waals surface area contributed by atoms with Crippen molar-refractivity contribution in [2.75, 3.05) is 17.3 Å². The lowest BCUT2D eigenvalue weighted by Gasteiger charge is -2.39. The Kier molecular flexibility index (Phi) is 2.72. The van der Waals surface area contributed by atoms with Crippen LogP contribution in [0.1, 0.15) is 19.4 Å². The van der Waals surface area contributed by atoms with Crippen molar-refractivity contribution >= 4 is 11.4 Å². The third-order valence-electron chi connectivity index (χ3n) is 3.42. The molecule has 2 rings (SSSR count). The fourth-order valence-electron chi connectivity index (χ4n) is 2.06. The van der Waals surface area contributed by atoms with Gasteiger partial charge in [-0.25, -0.2) is 0 Å². The Bertz CT molecular complexity index is 428. The quantitative estimate of drug-likeness (QED) is 0.753. The summed E-state index contributed by atoms with van der Waals surface area (Å²) in [6.45, 7) is 4.00. The first-order valence-electron chi connectivity index (χ1n) is 5.51. The molecule has 94 valence electrons. The van der Waals surface area contributed by atoms with Crippen molar-refractivity contribution in [1.82, 2.24) is 0 Å². The van der Waals surface area contributed by atoms with Crippen LogP contribution in [-0.2, 0) is 6.18 Å². The van der Waals surface area contributed by atoms with E-state index in [1.54, 1.807) is 0 Å². The molecule has 0 fully saturated rings. The molecular formula is C12H15F3N2. The van der Waals surface area contributed by atoms with Crippen LogP contribution in [0.5, 0.6) is 0 Å². The molecule has 5 heteroatoms. The van der Waals surface area contributed by atoms with Gasteiger partial charge >= 0.3 is 6.18 Å². The molecule has 0 saturated carbocycles. The van der Waals surface area contributed by atoms with Crippen LogP contribution < -0.4 is 10.2 Å². The maximum Gasteiger partial charge on any atom is 0.416 e. The molecule has 1 aliphatic rings. The number of likely N-dealkylation sites (N-methyl/N-ethyl adjacent to an activating group) is 1. The van der Waals surface area contributed by atoms with Gasteiger partial charge in [-0.1, -0.05) is 0 Å². The van der Waals surface area contributed by atoms with Crippen molar-refractivity contribution in [2.24, 2.45) is 0 Å². The number of hydrogen-bond donors (Lipinski definition) is 1. The summed E-state index contributed by atoms with van der Waals surface area (Å²) in [7, 11) is 1.90. The summed E-state index contributed by atoms with van der Waals surface area (Å²) in [5.41, 5.74) is 0.746. The summed E-state index contributed by atoms with van der Waals surface area (Å²) < 4.78 is 37.8. The molecule has 2 unspecified atom stereocenters. The van der Waals surface area contributed by atoms with E-state index >= 15 is 0 Å². The molecule has 0 bridgehead atoms. The molecule has 1 N–H and O–H groups in total. The Morgan fingerprint density at radius 2 is 1.88 bits per heavy atom. The number of rotatable bonds is 0. The van der Waals surface area contributed by atoms with Gasteiger partial charge < -0.3 is 10.2 Å². The fraction of sp³-hybridized carbons (Fsp3) is 0.500. The van der Waals surface area contributed by atoms with Crippen LogP contribution in [0.3, 0.4) is 0 Å². The van der Waals surface area contributed by atoms with E-state index in [0.717, 1.165) is 11.8 Å². The van der Waals surface area contributed by atoms with E-state index in [1.807, 2.05) is 25.8 Å². The highest BCUT2D eigenvalue weighted by atomic mass is 19.4. The Hall–Kier alpha value is -1.39. The van der Waals surface area contributed by atoms with E-state index in [4.69, 9.17) is 0 Å². The second-order valence-electron chi connectivity index (χ2n) is 4.51. The van der Waals surface area contributed by atoms with Gasteiger partial charge in [-0.15, -0.1) is 0 Å². The molecule has 1 aliphatic heterocycles. The van der Waals surface area contributed by atoms with Gasteiger partial charge in [0, 0.05) is 19.1 Å². The van der Waals surface area contributed by atoms with Crippen LogP contribution in [0.2, 0.25) is 0 Å². The highest BCUT2D eigenvalue weighted by Crippen LogP contribution is 2.38. The summed E-state index contributed by atoms with van der Waals surface area (Å²) in [5.74, 6) is 0. The molecule has 1 aromatic rings. The SMILES string of the molecule is CC1Nc2cc(C(F)(F)F)ccc2N(C)C1C. The van der Waals surface area contributed by atoms with Crippen LogP contribution >= 0.6 is 0 Å². The average molecular weight is 244 g/mol. The van der Waals surface area contributed by atoms with Gasteiger partial charge in [0.05, 0.1) is 16.9 Å². The number of halogens is 3. The van der Waals surface area contributed by atoms with Crippen LogP contribution in [0.25, 0.3) is 0 Å². The number of fused-ring (bicyclic) bond motifs is 1. The molecule has 2 nitrogen and oxygen atoms in total. The molecule has 0 aliphatic carbocycles. The van der Waals surface area contributed by atoms with Crippen LogP contribution in [-0.4, -0.2) is 19.1 Å². The Morgan fingerprint density at radius 3 is 2.47 bits per heavy atom. The molecule has 0 radical (unpaired) electrons. The van der Waals surface area contributed by atoms with E-state index in [1.165, 1.54) is 12.1 Å². The molecule has 0 saturated heterocycles. The molecule has 2 atom stereocenters. The summed E-state index contributed by atoms with van der Waals surface area (Å²) in [5, 5.41) is 3.11. The van der Waals surface area contributed by atoms with E-state index in [9.17, 15) is 13.2 Å². The molecule has 1 heterocycles. The zero-order valence-electron chi connectivity index (χ0n) is 9.97. The third kappa shape index (κ3) is 2.06. The first-order chi connectivity index (χ1) is 7.80. The molecule has 0 aromatic heterocycles. The monoisotopic (exact) mass is 244 g/mol. The molecule has 0 spiro atoms. The van der Waals surface area contributed by atoms with Gasteiger partial charge in [-0.05, 0) is 32.0 Å². The highest BCUT2D eigenvalue weighted by molar-refractivity contribution is 5.74. The summed E-state index contributed by atoms with van der Waals surface area (Å²) in [6.07, 6.45) is -4.29. The van der Waals surface area contributed by atoms with Crippen LogP contribution in [0.4, 0.5) is 24.5 Å². The number of alkyl halides is 3. The zero-order valence-corrected chi connectivity index (χ0v) is 9.97. The van der Waals surface area contributed by atoms with Crippen molar-refractivity contribution < 1.29 is 13.2 Å². The highest BCUT2D eigenvalue weighted by Gasteiger charge is 2.33. The Labute approximate surface area is 98.4 Å². The maximum atomic E-state index is 12.6. The van der Waals surface area contributed by atoms with Gasteiger partial charge in [-0.2, -0.15) is 13.2 Å². The first-order valence-corrected chi connectivity index (χ1v) is 5.51. The van der Waals surface area contributed by atoms with Crippen molar-refractivity contribution in [3.05, 3.63) is 23.8 Å². The lowest BCUT2D eigenvalue weighted by Crippen LogP contribution is -2.45. The van der Waals surface area contributed by atoms with E-state index in [-0.39, 0.29) is 12.1 Å². The maximum absolute atomic E-state index is 12.6. The topological polar surface area (TPSA) is 15.3 Å². The molecule has 17 heavy (non-hydrogen) atoms. The van der Waals surface area contributed by atoms with E-state index < -0.39 is 11.7 Å². The van der Waals surface area contributed by atoms with Crippen molar-refractivity contribution in [3.63, 3.8) is 0 Å². The van der Waals surface area contributed by atoms with Gasteiger partial charge in [0.1, 0.15) is 0 Å². The van der Waals surface area contributed by atoms with Crippen molar-refractivity contribution in [3.8, 4) is 0 Å². The van der Waals surface area contributed by atoms with E-state index in [2.05, 4.69) is 5.32 Å². The molecule has 0 amide bonds. The van der Waals surface area contributed by atoms with Gasteiger partial charge in [-0.3, -0.25) is 0 Å². The lowest BCUT2D eigenvalue weighted by molar-refractivity contribution is -0.137. The lowest BCUT2D eigenvalue weighted by atomic mass is 10.0. The van der Waals surface area contributed by atoms with Crippen molar-refractivity contribution in [2.45, 2.75) is 32.1 Å². The summed E-state index contributed by atoms with van der Waals surface area (Å²) in [4.78, 5) is 2.00. The minimum absolute atomic E-state index is 0.121. The van der Waals surface area contributed by atoms with Crippen LogP contribution in [0.15, 0.2) is 18.2 Å². The number of nitrogens with zero attached hydrogens (tertiary/aromatic N) is 1. The molecule has 1 aromatic carbocycles.